The molecular formula is C15H22FN. The van der Waals surface area contributed by atoms with Gasteiger partial charge in [0.05, 0.1) is 0 Å². The first-order chi connectivity index (χ1) is 7.87. The van der Waals surface area contributed by atoms with E-state index in [1.54, 1.807) is 0 Å². The van der Waals surface area contributed by atoms with Gasteiger partial charge in [0.1, 0.15) is 5.82 Å². The smallest absolute Gasteiger partial charge is 0.123 e. The largest absolute Gasteiger partial charge is 0.316 e. The summed E-state index contributed by atoms with van der Waals surface area (Å²) >= 11 is 0. The van der Waals surface area contributed by atoms with Gasteiger partial charge in [-0.2, -0.15) is 0 Å². The van der Waals surface area contributed by atoms with Crippen molar-refractivity contribution in [1.29, 1.82) is 0 Å². The molecule has 2 heteroatoms. The van der Waals surface area contributed by atoms with E-state index < -0.39 is 0 Å². The molecule has 0 spiro atoms. The number of hydrogen-bond acceptors (Lipinski definition) is 1. The summed E-state index contributed by atoms with van der Waals surface area (Å²) in [6.45, 7) is 10.3. The van der Waals surface area contributed by atoms with E-state index in [0.29, 0.717) is 6.04 Å². The molecule has 0 bridgehead atoms. The van der Waals surface area contributed by atoms with Gasteiger partial charge in [0.2, 0.25) is 0 Å². The molecule has 0 amide bonds. The van der Waals surface area contributed by atoms with Crippen LogP contribution in [0.5, 0.6) is 0 Å². The zero-order valence-electron chi connectivity index (χ0n) is 11.2. The highest BCUT2D eigenvalue weighted by molar-refractivity contribution is 5.27. The van der Waals surface area contributed by atoms with Gasteiger partial charge in [-0.25, -0.2) is 4.39 Å². The second-order valence-electron chi connectivity index (χ2n) is 5.23. The molecule has 0 aliphatic heterocycles. The third-order valence-electron chi connectivity index (χ3n) is 3.36. The molecular weight excluding hydrogens is 213 g/mol. The fourth-order valence-electron chi connectivity index (χ4n) is 2.15. The molecule has 1 aromatic carbocycles. The van der Waals surface area contributed by atoms with E-state index in [2.05, 4.69) is 25.7 Å². The van der Waals surface area contributed by atoms with Gasteiger partial charge in [0.25, 0.3) is 0 Å². The van der Waals surface area contributed by atoms with Gasteiger partial charge in [-0.15, -0.1) is 6.58 Å². The third-order valence-corrected chi connectivity index (χ3v) is 3.36. The van der Waals surface area contributed by atoms with Gasteiger partial charge in [0.15, 0.2) is 0 Å². The standard InChI is InChI=1S/C15H22FN/c1-11(2)10-14(17-5)15(3,4)12-6-8-13(16)9-7-12/h6-9,14,17H,1,10H2,2-5H3. The summed E-state index contributed by atoms with van der Waals surface area (Å²) in [5.41, 5.74) is 2.24. The minimum atomic E-state index is -0.189. The van der Waals surface area contributed by atoms with Crippen LogP contribution in [0, 0.1) is 5.82 Å². The van der Waals surface area contributed by atoms with Crippen LogP contribution in [0.2, 0.25) is 0 Å². The molecule has 0 heterocycles. The maximum atomic E-state index is 12.9. The predicted octanol–water partition coefficient (Wildman–Crippen LogP) is 3.66. The molecule has 0 aromatic heterocycles. The molecule has 94 valence electrons. The quantitative estimate of drug-likeness (QED) is 0.768. The van der Waals surface area contributed by atoms with Crippen LogP contribution in [-0.2, 0) is 5.41 Å². The number of halogens is 1. The monoisotopic (exact) mass is 235 g/mol. The Balaban J connectivity index is 2.98. The van der Waals surface area contributed by atoms with E-state index >= 15 is 0 Å². The number of nitrogens with one attached hydrogen (secondary N) is 1. The van der Waals surface area contributed by atoms with Crippen molar-refractivity contribution in [2.45, 2.75) is 38.6 Å². The van der Waals surface area contributed by atoms with E-state index in [4.69, 9.17) is 0 Å². The summed E-state index contributed by atoms with van der Waals surface area (Å²) in [4.78, 5) is 0. The second kappa shape index (κ2) is 5.46. The Bertz CT molecular complexity index is 378. The zero-order chi connectivity index (χ0) is 13.1. The summed E-state index contributed by atoms with van der Waals surface area (Å²) in [5.74, 6) is -0.189. The van der Waals surface area contributed by atoms with Gasteiger partial charge in [-0.3, -0.25) is 0 Å². The van der Waals surface area contributed by atoms with E-state index in [-0.39, 0.29) is 11.2 Å². The minimum absolute atomic E-state index is 0.0542. The van der Waals surface area contributed by atoms with Crippen molar-refractivity contribution >= 4 is 0 Å². The lowest BCUT2D eigenvalue weighted by molar-refractivity contribution is 0.356. The molecule has 1 nitrogen and oxygen atoms in total. The first-order valence-corrected chi connectivity index (χ1v) is 5.95. The number of benzene rings is 1. The SMILES string of the molecule is C=C(C)CC(NC)C(C)(C)c1ccc(F)cc1. The molecule has 1 N–H and O–H groups in total. The van der Waals surface area contributed by atoms with Crippen LogP contribution in [0.25, 0.3) is 0 Å². The van der Waals surface area contributed by atoms with Crippen molar-refractivity contribution in [2.75, 3.05) is 7.05 Å². The molecule has 0 aliphatic carbocycles. The lowest BCUT2D eigenvalue weighted by Gasteiger charge is -2.35. The Morgan fingerprint density at radius 2 is 1.88 bits per heavy atom. The number of likely N-dealkylation sites (N-methyl/N-ethyl adjacent to an activating group) is 1. The lowest BCUT2D eigenvalue weighted by atomic mass is 9.75. The van der Waals surface area contributed by atoms with Crippen molar-refractivity contribution in [3.63, 3.8) is 0 Å². The van der Waals surface area contributed by atoms with Gasteiger partial charge < -0.3 is 5.32 Å². The van der Waals surface area contributed by atoms with E-state index in [9.17, 15) is 4.39 Å². The highest BCUT2D eigenvalue weighted by Gasteiger charge is 2.29. The summed E-state index contributed by atoms with van der Waals surface area (Å²) in [6, 6.07) is 7.05. The Morgan fingerprint density at radius 1 is 1.35 bits per heavy atom. The van der Waals surface area contributed by atoms with E-state index in [1.165, 1.54) is 12.1 Å². The van der Waals surface area contributed by atoms with Crippen molar-refractivity contribution in [2.24, 2.45) is 0 Å². The molecule has 0 radical (unpaired) electrons. The van der Waals surface area contributed by atoms with Crippen LogP contribution in [-0.4, -0.2) is 13.1 Å². The Morgan fingerprint density at radius 3 is 2.29 bits per heavy atom. The fraction of sp³-hybridized carbons (Fsp3) is 0.467. The van der Waals surface area contributed by atoms with Crippen LogP contribution in [0.4, 0.5) is 4.39 Å². The predicted molar refractivity (Wildman–Crippen MR) is 71.7 cm³/mol. The van der Waals surface area contributed by atoms with Crippen LogP contribution in [0.3, 0.4) is 0 Å². The highest BCUT2D eigenvalue weighted by Crippen LogP contribution is 2.30. The maximum Gasteiger partial charge on any atom is 0.123 e. The zero-order valence-corrected chi connectivity index (χ0v) is 11.2. The van der Waals surface area contributed by atoms with Gasteiger partial charge in [-0.05, 0) is 38.1 Å². The Hall–Kier alpha value is -1.15. The summed E-state index contributed by atoms with van der Waals surface area (Å²) in [6.07, 6.45) is 0.918. The maximum absolute atomic E-state index is 12.9. The van der Waals surface area contributed by atoms with Gasteiger partial charge >= 0.3 is 0 Å². The van der Waals surface area contributed by atoms with Crippen molar-refractivity contribution in [3.05, 3.63) is 47.8 Å². The summed E-state index contributed by atoms with van der Waals surface area (Å²) in [5, 5.41) is 3.33. The first-order valence-electron chi connectivity index (χ1n) is 5.95. The lowest BCUT2D eigenvalue weighted by Crippen LogP contribution is -2.43. The van der Waals surface area contributed by atoms with Crippen LogP contribution < -0.4 is 5.32 Å². The van der Waals surface area contributed by atoms with E-state index in [1.807, 2.05) is 26.1 Å². The molecule has 0 saturated carbocycles. The average molecular weight is 235 g/mol. The molecule has 1 unspecified atom stereocenters. The third kappa shape index (κ3) is 3.40. The van der Waals surface area contributed by atoms with E-state index in [0.717, 1.165) is 17.6 Å². The van der Waals surface area contributed by atoms with Crippen LogP contribution >= 0.6 is 0 Å². The molecule has 17 heavy (non-hydrogen) atoms. The second-order valence-corrected chi connectivity index (χ2v) is 5.23. The van der Waals surface area contributed by atoms with Gasteiger partial charge in [0, 0.05) is 11.5 Å². The molecule has 0 aliphatic rings. The summed E-state index contributed by atoms with van der Waals surface area (Å²) < 4.78 is 12.9. The topological polar surface area (TPSA) is 12.0 Å². The number of rotatable bonds is 5. The normalized spacial score (nSPS) is 13.5. The van der Waals surface area contributed by atoms with Crippen molar-refractivity contribution in [3.8, 4) is 0 Å². The Kier molecular flexibility index (Phi) is 4.47. The molecule has 0 saturated heterocycles. The Labute approximate surface area is 104 Å². The number of hydrogen-bond donors (Lipinski definition) is 1. The van der Waals surface area contributed by atoms with Crippen molar-refractivity contribution < 1.29 is 4.39 Å². The fourth-order valence-corrected chi connectivity index (χ4v) is 2.15. The molecule has 1 aromatic rings. The van der Waals surface area contributed by atoms with Crippen molar-refractivity contribution in [1.82, 2.24) is 5.32 Å². The summed E-state index contributed by atoms with van der Waals surface area (Å²) in [7, 11) is 1.96. The van der Waals surface area contributed by atoms with Gasteiger partial charge in [-0.1, -0.05) is 31.6 Å². The first kappa shape index (κ1) is 13.9. The van der Waals surface area contributed by atoms with Crippen LogP contribution in [0.15, 0.2) is 36.4 Å². The average Bonchev–Trinajstić information content (AvgIpc) is 2.26. The highest BCUT2D eigenvalue weighted by atomic mass is 19.1. The van der Waals surface area contributed by atoms with Crippen LogP contribution in [0.1, 0.15) is 32.8 Å². The minimum Gasteiger partial charge on any atom is -0.316 e. The molecule has 0 fully saturated rings. The molecule has 1 atom stereocenters. The molecule has 1 rings (SSSR count).